The first-order valence-electron chi connectivity index (χ1n) is 8.12. The fourth-order valence-electron chi connectivity index (χ4n) is 3.06. The zero-order valence-corrected chi connectivity index (χ0v) is 16.8. The Morgan fingerprint density at radius 3 is 1.53 bits per heavy atom. The molecule has 0 heterocycles. The molecule has 0 aromatic carbocycles. The number of halogens is 11. The van der Waals surface area contributed by atoms with Gasteiger partial charge in [0.1, 0.15) is 5.60 Å². The summed E-state index contributed by atoms with van der Waals surface area (Å²) in [5, 5.41) is 0. The van der Waals surface area contributed by atoms with E-state index < -0.39 is 53.4 Å². The highest BCUT2D eigenvalue weighted by Gasteiger charge is 2.86. The molecule has 0 N–H and O–H groups in total. The molecule has 0 aliphatic rings. The molecule has 0 aliphatic carbocycles. The van der Waals surface area contributed by atoms with Gasteiger partial charge in [0, 0.05) is 13.7 Å². The lowest BCUT2D eigenvalue weighted by Crippen LogP contribution is -2.69. The fourth-order valence-corrected chi connectivity index (χ4v) is 3.06. The number of hydrogen-bond donors (Lipinski definition) is 0. The summed E-state index contributed by atoms with van der Waals surface area (Å²) < 4.78 is 155. The minimum atomic E-state index is -7.12. The van der Waals surface area contributed by atoms with Crippen LogP contribution in [-0.4, -0.2) is 62.1 Å². The number of alkyl halides is 8. The maximum atomic E-state index is 14.6. The molecule has 0 radical (unpaired) electrons. The third-order valence-electron chi connectivity index (χ3n) is 4.20. The van der Waals surface area contributed by atoms with Crippen LogP contribution in [0.1, 0.15) is 27.2 Å². The molecule has 0 amide bonds. The number of methoxy groups -OCH3 is 1. The third-order valence-corrected chi connectivity index (χ3v) is 4.20. The molecule has 0 aromatic heterocycles. The molecular formula is C16H22F11NO2. The predicted octanol–water partition coefficient (Wildman–Crippen LogP) is 5.92. The molecule has 1 unspecified atom stereocenters. The minimum Gasteiger partial charge on any atom is -0.397 e. The summed E-state index contributed by atoms with van der Waals surface area (Å²) in [6.45, 7) is 2.89. The van der Waals surface area contributed by atoms with Gasteiger partial charge in [-0.1, -0.05) is 13.8 Å². The van der Waals surface area contributed by atoms with Crippen molar-refractivity contribution in [2.45, 2.75) is 56.7 Å². The fraction of sp³-hybridized carbons (Fsp3) is 0.875. The van der Waals surface area contributed by atoms with Crippen molar-refractivity contribution < 1.29 is 57.8 Å². The molecule has 30 heavy (non-hydrogen) atoms. The van der Waals surface area contributed by atoms with Gasteiger partial charge in [0.2, 0.25) is 0 Å². The first-order chi connectivity index (χ1) is 13.0. The van der Waals surface area contributed by atoms with E-state index in [1.807, 2.05) is 0 Å². The summed E-state index contributed by atoms with van der Waals surface area (Å²) in [6.07, 6.45) is -11.5. The van der Waals surface area contributed by atoms with Crippen LogP contribution in [0.3, 0.4) is 0 Å². The highest BCUT2D eigenvalue weighted by Crippen LogP contribution is 2.58. The van der Waals surface area contributed by atoms with Crippen LogP contribution in [0.2, 0.25) is 0 Å². The summed E-state index contributed by atoms with van der Waals surface area (Å²) in [7, 11) is 3.47. The van der Waals surface area contributed by atoms with Gasteiger partial charge in [0.05, 0.1) is 0 Å². The minimum absolute atomic E-state index is 0.0188. The summed E-state index contributed by atoms with van der Waals surface area (Å²) in [4.78, 5) is 1.46. The second-order valence-electron chi connectivity index (χ2n) is 7.89. The lowest BCUT2D eigenvalue weighted by atomic mass is 9.75. The lowest BCUT2D eigenvalue weighted by Gasteiger charge is -2.46. The van der Waals surface area contributed by atoms with Gasteiger partial charge in [-0.25, -0.2) is 0 Å². The van der Waals surface area contributed by atoms with Gasteiger partial charge in [-0.05, 0) is 32.9 Å². The Morgan fingerprint density at radius 1 is 0.767 bits per heavy atom. The van der Waals surface area contributed by atoms with Crippen molar-refractivity contribution >= 4 is 0 Å². The molecule has 0 spiro atoms. The van der Waals surface area contributed by atoms with Crippen LogP contribution in [-0.2, 0) is 9.47 Å². The maximum absolute atomic E-state index is 14.6. The molecule has 0 rings (SSSR count). The standard InChI is InChI=1S/C16H22F11NO2/c1-11(2,8-28(4)5)7-12(3,29-6)13(20,21)14(22,23)15(24,25)16(26,27)30-10(19)9(17)18/h7-8H2,1-6H3. The molecule has 3 nitrogen and oxygen atoms in total. The average Bonchev–Trinajstić information content (AvgIpc) is 2.51. The van der Waals surface area contributed by atoms with E-state index in [0.29, 0.717) is 14.0 Å². The predicted molar refractivity (Wildman–Crippen MR) is 83.6 cm³/mol. The van der Waals surface area contributed by atoms with Crippen LogP contribution in [0.4, 0.5) is 48.3 Å². The second kappa shape index (κ2) is 8.67. The summed E-state index contributed by atoms with van der Waals surface area (Å²) in [6, 6.07) is -3.62. The average molecular weight is 469 g/mol. The van der Waals surface area contributed by atoms with Crippen LogP contribution >= 0.6 is 0 Å². The van der Waals surface area contributed by atoms with E-state index in [9.17, 15) is 48.3 Å². The molecule has 0 fully saturated rings. The molecule has 0 bridgehead atoms. The molecule has 0 aliphatic heterocycles. The quantitative estimate of drug-likeness (QED) is 0.277. The van der Waals surface area contributed by atoms with Crippen molar-refractivity contribution in [2.75, 3.05) is 27.7 Å². The first-order valence-corrected chi connectivity index (χ1v) is 8.12. The van der Waals surface area contributed by atoms with E-state index in [0.717, 1.165) is 0 Å². The van der Waals surface area contributed by atoms with E-state index in [4.69, 9.17) is 0 Å². The molecule has 0 aromatic rings. The zero-order valence-electron chi connectivity index (χ0n) is 16.8. The molecule has 180 valence electrons. The summed E-state index contributed by atoms with van der Waals surface area (Å²) >= 11 is 0. The van der Waals surface area contributed by atoms with Crippen LogP contribution in [0.25, 0.3) is 0 Å². The molecule has 0 saturated heterocycles. The van der Waals surface area contributed by atoms with E-state index in [1.165, 1.54) is 32.8 Å². The van der Waals surface area contributed by atoms with Gasteiger partial charge >= 0.3 is 36.0 Å². The maximum Gasteiger partial charge on any atom is 0.472 e. The summed E-state index contributed by atoms with van der Waals surface area (Å²) in [5.41, 5.74) is -4.70. The number of hydrogen-bond acceptors (Lipinski definition) is 3. The Hall–Kier alpha value is -1.31. The van der Waals surface area contributed by atoms with Crippen LogP contribution in [0.5, 0.6) is 0 Å². The number of nitrogens with zero attached hydrogens (tertiary/aromatic N) is 1. The van der Waals surface area contributed by atoms with Crippen molar-refractivity contribution in [3.8, 4) is 0 Å². The molecular weight excluding hydrogens is 447 g/mol. The molecule has 14 heteroatoms. The number of rotatable bonds is 11. The smallest absolute Gasteiger partial charge is 0.397 e. The topological polar surface area (TPSA) is 21.7 Å². The summed E-state index contributed by atoms with van der Waals surface area (Å²) in [5.74, 6) is -20.0. The largest absolute Gasteiger partial charge is 0.472 e. The highest BCUT2D eigenvalue weighted by atomic mass is 19.4. The second-order valence-corrected chi connectivity index (χ2v) is 7.89. The molecule has 0 saturated carbocycles. The van der Waals surface area contributed by atoms with E-state index in [1.54, 1.807) is 0 Å². The SMILES string of the molecule is COC(C)(CC(C)(C)CN(C)C)C(F)(F)C(F)(F)C(F)(F)C(F)(F)OC(F)=C(F)F. The number of ether oxygens (including phenoxy) is 2. The highest BCUT2D eigenvalue weighted by molar-refractivity contribution is 5.10. The van der Waals surface area contributed by atoms with Crippen LogP contribution in [0.15, 0.2) is 12.1 Å². The van der Waals surface area contributed by atoms with Gasteiger partial charge in [-0.2, -0.15) is 48.3 Å². The van der Waals surface area contributed by atoms with Crippen molar-refractivity contribution in [1.29, 1.82) is 0 Å². The Labute approximate surface area is 165 Å². The van der Waals surface area contributed by atoms with Gasteiger partial charge in [0.25, 0.3) is 0 Å². The van der Waals surface area contributed by atoms with E-state index in [-0.39, 0.29) is 6.54 Å². The van der Waals surface area contributed by atoms with Crippen LogP contribution < -0.4 is 0 Å². The van der Waals surface area contributed by atoms with E-state index >= 15 is 0 Å². The molecule has 1 atom stereocenters. The Bertz CT molecular complexity index is 631. The van der Waals surface area contributed by atoms with Gasteiger partial charge < -0.3 is 14.4 Å². The van der Waals surface area contributed by atoms with Gasteiger partial charge in [-0.15, -0.1) is 0 Å². The Balaban J connectivity index is 6.32. The normalized spacial score (nSPS) is 16.5. The van der Waals surface area contributed by atoms with Crippen molar-refractivity contribution in [1.82, 2.24) is 4.90 Å². The van der Waals surface area contributed by atoms with Gasteiger partial charge in [0.15, 0.2) is 0 Å². The van der Waals surface area contributed by atoms with Crippen LogP contribution in [0, 0.1) is 5.41 Å². The Kier molecular flexibility index (Phi) is 8.29. The zero-order chi connectivity index (χ0) is 24.6. The van der Waals surface area contributed by atoms with Crippen molar-refractivity contribution in [3.63, 3.8) is 0 Å². The lowest BCUT2D eigenvalue weighted by molar-refractivity contribution is -0.439. The van der Waals surface area contributed by atoms with Crippen molar-refractivity contribution in [2.24, 2.45) is 5.41 Å². The monoisotopic (exact) mass is 469 g/mol. The van der Waals surface area contributed by atoms with Crippen molar-refractivity contribution in [3.05, 3.63) is 12.1 Å². The third kappa shape index (κ3) is 5.29. The Morgan fingerprint density at radius 2 is 1.20 bits per heavy atom. The first kappa shape index (κ1) is 28.7. The van der Waals surface area contributed by atoms with Gasteiger partial charge in [-0.3, -0.25) is 0 Å². The van der Waals surface area contributed by atoms with E-state index in [2.05, 4.69) is 9.47 Å².